The van der Waals surface area contributed by atoms with Crippen molar-refractivity contribution in [1.82, 2.24) is 4.98 Å². The van der Waals surface area contributed by atoms with Crippen LogP contribution in [0.3, 0.4) is 0 Å². The minimum Gasteiger partial charge on any atom is -0.465 e. The summed E-state index contributed by atoms with van der Waals surface area (Å²) in [7, 11) is 0. The first kappa shape index (κ1) is 15.4. The summed E-state index contributed by atoms with van der Waals surface area (Å²) in [5.41, 5.74) is 0.990. The summed E-state index contributed by atoms with van der Waals surface area (Å²) in [6.07, 6.45) is 1.53. The molecule has 0 amide bonds. The van der Waals surface area contributed by atoms with E-state index in [0.717, 1.165) is 5.56 Å². The van der Waals surface area contributed by atoms with E-state index in [2.05, 4.69) is 4.98 Å². The normalized spacial score (nSPS) is 10.4. The molecule has 0 atom stereocenters. The lowest BCUT2D eigenvalue weighted by atomic mass is 10.0. The number of hydrogen-bond acceptors (Lipinski definition) is 5. The van der Waals surface area contributed by atoms with Crippen LogP contribution in [0.25, 0.3) is 0 Å². The Morgan fingerprint density at radius 3 is 2.21 bits per heavy atom. The third-order valence-corrected chi connectivity index (χ3v) is 2.63. The van der Waals surface area contributed by atoms with Gasteiger partial charge in [0.25, 0.3) is 0 Å². The fourth-order valence-electron chi connectivity index (χ4n) is 1.53. The highest BCUT2D eigenvalue weighted by molar-refractivity contribution is 6.32. The lowest BCUT2D eigenvalue weighted by Crippen LogP contribution is -2.27. The van der Waals surface area contributed by atoms with Crippen molar-refractivity contribution in [3.63, 3.8) is 0 Å². The Morgan fingerprint density at radius 1 is 1.26 bits per heavy atom. The highest BCUT2D eigenvalue weighted by Gasteiger charge is 2.34. The molecule has 1 rings (SSSR count). The molecule has 0 saturated heterocycles. The van der Waals surface area contributed by atoms with Gasteiger partial charge in [-0.05, 0) is 32.4 Å². The molecule has 0 unspecified atom stereocenters. The van der Waals surface area contributed by atoms with E-state index in [-0.39, 0.29) is 23.9 Å². The molecule has 0 aliphatic rings. The van der Waals surface area contributed by atoms with Gasteiger partial charge >= 0.3 is 11.9 Å². The van der Waals surface area contributed by atoms with Crippen LogP contribution in [0, 0.1) is 6.92 Å². The lowest BCUT2D eigenvalue weighted by Gasteiger charge is -2.15. The largest absolute Gasteiger partial charge is 0.465 e. The number of halogens is 1. The van der Waals surface area contributed by atoms with Gasteiger partial charge in [0.2, 0.25) is 0 Å². The molecule has 0 saturated carbocycles. The highest BCUT2D eigenvalue weighted by atomic mass is 35.5. The molecule has 0 aliphatic heterocycles. The average Bonchev–Trinajstić information content (AvgIpc) is 2.33. The second-order valence-electron chi connectivity index (χ2n) is 3.82. The molecule has 0 bridgehead atoms. The fraction of sp³-hybridized carbons (Fsp3) is 0.462. The zero-order chi connectivity index (χ0) is 14.4. The molecular formula is C13H16ClNO4. The maximum Gasteiger partial charge on any atom is 0.326 e. The van der Waals surface area contributed by atoms with E-state index in [4.69, 9.17) is 21.1 Å². The van der Waals surface area contributed by atoms with Crippen LogP contribution in [-0.4, -0.2) is 30.1 Å². The molecule has 104 valence electrons. The first-order valence-corrected chi connectivity index (χ1v) is 6.34. The van der Waals surface area contributed by atoms with Gasteiger partial charge in [-0.2, -0.15) is 0 Å². The van der Waals surface area contributed by atoms with E-state index >= 15 is 0 Å². The van der Waals surface area contributed by atoms with E-state index in [1.54, 1.807) is 19.9 Å². The van der Waals surface area contributed by atoms with Crippen molar-refractivity contribution in [1.29, 1.82) is 0 Å². The van der Waals surface area contributed by atoms with E-state index in [1.807, 2.05) is 6.92 Å². The van der Waals surface area contributed by atoms with Gasteiger partial charge < -0.3 is 9.47 Å². The van der Waals surface area contributed by atoms with Gasteiger partial charge in [0, 0.05) is 6.20 Å². The second kappa shape index (κ2) is 7.09. The molecule has 0 aromatic carbocycles. The molecule has 0 spiro atoms. The zero-order valence-electron chi connectivity index (χ0n) is 11.1. The minimum absolute atomic E-state index is 0.157. The smallest absolute Gasteiger partial charge is 0.326 e. The number of rotatable bonds is 5. The molecule has 0 N–H and O–H groups in total. The summed E-state index contributed by atoms with van der Waals surface area (Å²) < 4.78 is 9.75. The number of nitrogens with zero attached hydrogens (tertiary/aromatic N) is 1. The molecule has 0 fully saturated rings. The Bertz CT molecular complexity index is 458. The topological polar surface area (TPSA) is 65.5 Å². The highest BCUT2D eigenvalue weighted by Crippen LogP contribution is 2.25. The molecule has 6 heteroatoms. The van der Waals surface area contributed by atoms with Crippen molar-refractivity contribution in [2.24, 2.45) is 0 Å². The maximum absolute atomic E-state index is 11.9. The van der Waals surface area contributed by atoms with Gasteiger partial charge in [0.1, 0.15) is 0 Å². The quantitative estimate of drug-likeness (QED) is 0.613. The number of carbonyl (C=O) groups is 2. The molecule has 5 nitrogen and oxygen atoms in total. The molecular weight excluding hydrogens is 270 g/mol. The summed E-state index contributed by atoms with van der Waals surface area (Å²) in [5.74, 6) is -2.66. The van der Waals surface area contributed by atoms with Gasteiger partial charge in [0.15, 0.2) is 5.92 Å². The third-order valence-electron chi connectivity index (χ3n) is 2.32. The van der Waals surface area contributed by atoms with E-state index in [0.29, 0.717) is 0 Å². The van der Waals surface area contributed by atoms with Crippen LogP contribution in [0.5, 0.6) is 0 Å². The van der Waals surface area contributed by atoms with Crippen molar-refractivity contribution in [2.75, 3.05) is 13.2 Å². The lowest BCUT2D eigenvalue weighted by molar-refractivity contribution is -0.157. The summed E-state index contributed by atoms with van der Waals surface area (Å²) in [5, 5.41) is 0.242. The van der Waals surface area contributed by atoms with Crippen LogP contribution in [-0.2, 0) is 19.1 Å². The second-order valence-corrected chi connectivity index (χ2v) is 4.22. The SMILES string of the molecule is CCOC(=O)C(C(=O)OCC)c1ncc(C)cc1Cl. The number of aromatic nitrogens is 1. The Hall–Kier alpha value is -1.62. The van der Waals surface area contributed by atoms with Crippen LogP contribution in [0.4, 0.5) is 0 Å². The first-order valence-electron chi connectivity index (χ1n) is 5.96. The Balaban J connectivity index is 3.14. The molecule has 1 aromatic heterocycles. The number of carbonyl (C=O) groups excluding carboxylic acids is 2. The summed E-state index contributed by atoms with van der Waals surface area (Å²) in [4.78, 5) is 27.8. The average molecular weight is 286 g/mol. The van der Waals surface area contributed by atoms with Crippen molar-refractivity contribution in [2.45, 2.75) is 26.7 Å². The van der Waals surface area contributed by atoms with Crippen molar-refractivity contribution in [3.05, 3.63) is 28.5 Å². The predicted octanol–water partition coefficient (Wildman–Crippen LogP) is 2.25. The molecule has 19 heavy (non-hydrogen) atoms. The molecule has 0 radical (unpaired) electrons. The van der Waals surface area contributed by atoms with E-state index < -0.39 is 17.9 Å². The van der Waals surface area contributed by atoms with Gasteiger partial charge in [-0.15, -0.1) is 0 Å². The molecule has 0 aliphatic carbocycles. The van der Waals surface area contributed by atoms with Crippen molar-refractivity contribution >= 4 is 23.5 Å². The predicted molar refractivity (Wildman–Crippen MR) is 70.0 cm³/mol. The van der Waals surface area contributed by atoms with Crippen LogP contribution in [0.1, 0.15) is 31.0 Å². The summed E-state index contributed by atoms with van der Waals surface area (Å²) in [6.45, 7) is 5.46. The number of hydrogen-bond donors (Lipinski definition) is 0. The van der Waals surface area contributed by atoms with Gasteiger partial charge in [-0.3, -0.25) is 14.6 Å². The van der Waals surface area contributed by atoms with Crippen molar-refractivity contribution < 1.29 is 19.1 Å². The molecule has 1 heterocycles. The minimum atomic E-state index is -1.24. The van der Waals surface area contributed by atoms with Gasteiger partial charge in [0.05, 0.1) is 23.9 Å². The number of pyridine rings is 1. The Morgan fingerprint density at radius 2 is 1.79 bits per heavy atom. The van der Waals surface area contributed by atoms with E-state index in [1.165, 1.54) is 6.20 Å². The summed E-state index contributed by atoms with van der Waals surface area (Å²) >= 11 is 6.03. The number of aryl methyl sites for hydroxylation is 1. The monoisotopic (exact) mass is 285 g/mol. The number of ether oxygens (including phenoxy) is 2. The Labute approximate surface area is 116 Å². The summed E-state index contributed by atoms with van der Waals surface area (Å²) in [6, 6.07) is 1.63. The first-order chi connectivity index (χ1) is 9.01. The van der Waals surface area contributed by atoms with E-state index in [9.17, 15) is 9.59 Å². The third kappa shape index (κ3) is 3.92. The standard InChI is InChI=1S/C13H16ClNO4/c1-4-18-12(16)10(13(17)19-5-2)11-9(14)6-8(3)7-15-11/h6-7,10H,4-5H2,1-3H3. The number of esters is 2. The fourth-order valence-corrected chi connectivity index (χ4v) is 1.86. The Kier molecular flexibility index (Phi) is 5.76. The van der Waals surface area contributed by atoms with Crippen molar-refractivity contribution in [3.8, 4) is 0 Å². The van der Waals surface area contributed by atoms with Gasteiger partial charge in [-0.1, -0.05) is 11.6 Å². The van der Waals surface area contributed by atoms with Crippen LogP contribution in [0.15, 0.2) is 12.3 Å². The van der Waals surface area contributed by atoms with Crippen LogP contribution < -0.4 is 0 Å². The van der Waals surface area contributed by atoms with Crippen LogP contribution in [0.2, 0.25) is 5.02 Å². The maximum atomic E-state index is 11.9. The molecule has 1 aromatic rings. The van der Waals surface area contributed by atoms with Gasteiger partial charge in [-0.25, -0.2) is 0 Å². The van der Waals surface area contributed by atoms with Crippen LogP contribution >= 0.6 is 11.6 Å². The zero-order valence-corrected chi connectivity index (χ0v) is 11.9.